The van der Waals surface area contributed by atoms with Gasteiger partial charge in [0.15, 0.2) is 5.12 Å². The van der Waals surface area contributed by atoms with Gasteiger partial charge in [0.05, 0.1) is 6.61 Å². The highest BCUT2D eigenvalue weighted by Crippen LogP contribution is 2.11. The second-order valence-electron chi connectivity index (χ2n) is 2.41. The standard InChI is InChI=1S/C9H12O5S/c1-4-13-9(12)8(14-6(2)10)5-15-7(3)11/h5H,4H2,1-3H3/b8-5-. The number of ether oxygens (including phenoxy) is 2. The molecule has 0 aromatic rings. The molecule has 0 aromatic heterocycles. The summed E-state index contributed by atoms with van der Waals surface area (Å²) in [5, 5.41) is 0.936. The smallest absolute Gasteiger partial charge is 0.374 e. The van der Waals surface area contributed by atoms with Gasteiger partial charge in [0.1, 0.15) is 0 Å². The first-order valence-corrected chi connectivity index (χ1v) is 5.08. The monoisotopic (exact) mass is 232 g/mol. The molecule has 0 radical (unpaired) electrons. The summed E-state index contributed by atoms with van der Waals surface area (Å²) >= 11 is 0.757. The van der Waals surface area contributed by atoms with Gasteiger partial charge in [-0.1, -0.05) is 11.8 Å². The molecule has 0 aromatic carbocycles. The van der Waals surface area contributed by atoms with Crippen molar-refractivity contribution in [2.45, 2.75) is 20.8 Å². The van der Waals surface area contributed by atoms with E-state index < -0.39 is 11.9 Å². The molecule has 0 saturated carbocycles. The van der Waals surface area contributed by atoms with Crippen LogP contribution < -0.4 is 0 Å². The maximum atomic E-state index is 11.2. The van der Waals surface area contributed by atoms with Crippen LogP contribution in [0, 0.1) is 0 Å². The van der Waals surface area contributed by atoms with Gasteiger partial charge in [-0.15, -0.1) is 0 Å². The molecule has 0 spiro atoms. The van der Waals surface area contributed by atoms with Crippen LogP contribution >= 0.6 is 11.8 Å². The van der Waals surface area contributed by atoms with Crippen LogP contribution in [0.25, 0.3) is 0 Å². The van der Waals surface area contributed by atoms with E-state index in [1.807, 2.05) is 0 Å². The minimum Gasteiger partial charge on any atom is -0.460 e. The number of thioether (sulfide) groups is 1. The third kappa shape index (κ3) is 6.73. The molecule has 0 aliphatic carbocycles. The first-order chi connectivity index (χ1) is 6.97. The summed E-state index contributed by atoms with van der Waals surface area (Å²) in [6.45, 7) is 4.28. The van der Waals surface area contributed by atoms with E-state index in [-0.39, 0.29) is 17.5 Å². The molecule has 0 bridgehead atoms. The van der Waals surface area contributed by atoms with Crippen molar-refractivity contribution in [3.63, 3.8) is 0 Å². The van der Waals surface area contributed by atoms with E-state index in [1.54, 1.807) is 6.92 Å². The van der Waals surface area contributed by atoms with Crippen LogP contribution in [-0.2, 0) is 23.9 Å². The van der Waals surface area contributed by atoms with Crippen molar-refractivity contribution in [2.24, 2.45) is 0 Å². The van der Waals surface area contributed by atoms with E-state index >= 15 is 0 Å². The Morgan fingerprint density at radius 3 is 2.27 bits per heavy atom. The Balaban J connectivity index is 4.56. The van der Waals surface area contributed by atoms with E-state index in [0.29, 0.717) is 0 Å². The Bertz CT molecular complexity index is 295. The van der Waals surface area contributed by atoms with Crippen LogP contribution in [0.15, 0.2) is 11.2 Å². The van der Waals surface area contributed by atoms with E-state index in [0.717, 1.165) is 24.1 Å². The summed E-state index contributed by atoms with van der Waals surface area (Å²) in [4.78, 5) is 32.5. The van der Waals surface area contributed by atoms with Gasteiger partial charge in [-0.2, -0.15) is 0 Å². The van der Waals surface area contributed by atoms with Gasteiger partial charge in [0.25, 0.3) is 0 Å². The predicted octanol–water partition coefficient (Wildman–Crippen LogP) is 1.23. The molecule has 0 aliphatic heterocycles. The van der Waals surface area contributed by atoms with Crippen molar-refractivity contribution in [1.29, 1.82) is 0 Å². The Labute approximate surface area is 91.8 Å². The van der Waals surface area contributed by atoms with Crippen molar-refractivity contribution in [2.75, 3.05) is 6.61 Å². The third-order valence-corrected chi connectivity index (χ3v) is 1.73. The van der Waals surface area contributed by atoms with Crippen molar-refractivity contribution in [1.82, 2.24) is 0 Å². The van der Waals surface area contributed by atoms with Gasteiger partial charge in [0.2, 0.25) is 5.76 Å². The Morgan fingerprint density at radius 2 is 1.87 bits per heavy atom. The van der Waals surface area contributed by atoms with Crippen LogP contribution in [0.5, 0.6) is 0 Å². The first kappa shape index (κ1) is 13.7. The summed E-state index contributed by atoms with van der Waals surface area (Å²) in [5.74, 6) is -1.68. The van der Waals surface area contributed by atoms with Gasteiger partial charge >= 0.3 is 11.9 Å². The van der Waals surface area contributed by atoms with Gasteiger partial charge in [-0.3, -0.25) is 9.59 Å². The molecule has 0 heterocycles. The Kier molecular flexibility index (Phi) is 6.44. The van der Waals surface area contributed by atoms with Crippen molar-refractivity contribution >= 4 is 28.8 Å². The number of rotatable bonds is 4. The average molecular weight is 232 g/mol. The fraction of sp³-hybridized carbons (Fsp3) is 0.444. The van der Waals surface area contributed by atoms with Gasteiger partial charge in [-0.25, -0.2) is 4.79 Å². The predicted molar refractivity (Wildman–Crippen MR) is 54.8 cm³/mol. The van der Waals surface area contributed by atoms with E-state index in [2.05, 4.69) is 9.47 Å². The van der Waals surface area contributed by atoms with Crippen molar-refractivity contribution < 1.29 is 23.9 Å². The van der Waals surface area contributed by atoms with Crippen molar-refractivity contribution in [3.05, 3.63) is 11.2 Å². The Hall–Kier alpha value is -1.30. The molecule has 0 fully saturated rings. The van der Waals surface area contributed by atoms with Crippen LogP contribution in [0.3, 0.4) is 0 Å². The summed E-state index contributed by atoms with van der Waals surface area (Å²) in [7, 11) is 0. The number of hydrogen-bond donors (Lipinski definition) is 0. The molecule has 15 heavy (non-hydrogen) atoms. The fourth-order valence-electron chi connectivity index (χ4n) is 0.607. The molecule has 0 saturated heterocycles. The average Bonchev–Trinajstić information content (AvgIpc) is 2.11. The third-order valence-electron chi connectivity index (χ3n) is 1.06. The number of carbonyl (C=O) groups excluding carboxylic acids is 3. The zero-order valence-electron chi connectivity index (χ0n) is 8.73. The minimum absolute atomic E-state index is 0.169. The molecular formula is C9H12O5S. The lowest BCUT2D eigenvalue weighted by Crippen LogP contribution is -2.12. The lowest BCUT2D eigenvalue weighted by atomic mass is 10.5. The minimum atomic E-state index is -0.763. The number of carbonyl (C=O) groups is 3. The second kappa shape index (κ2) is 7.05. The summed E-state index contributed by atoms with van der Waals surface area (Å²) in [6.07, 6.45) is 0. The van der Waals surface area contributed by atoms with E-state index in [4.69, 9.17) is 0 Å². The highest BCUT2D eigenvalue weighted by Gasteiger charge is 2.14. The molecule has 0 rings (SSSR count). The lowest BCUT2D eigenvalue weighted by Gasteiger charge is -2.05. The zero-order valence-corrected chi connectivity index (χ0v) is 9.55. The maximum Gasteiger partial charge on any atom is 0.374 e. The molecule has 6 heteroatoms. The van der Waals surface area contributed by atoms with Gasteiger partial charge < -0.3 is 9.47 Å². The summed E-state index contributed by atoms with van der Waals surface area (Å²) in [5.41, 5.74) is 0. The number of esters is 2. The van der Waals surface area contributed by atoms with Gasteiger partial charge in [0, 0.05) is 19.3 Å². The quantitative estimate of drug-likeness (QED) is 0.412. The SMILES string of the molecule is CCOC(=O)/C(=C/SC(C)=O)OC(C)=O. The van der Waals surface area contributed by atoms with Crippen LogP contribution in [0.4, 0.5) is 0 Å². The largest absolute Gasteiger partial charge is 0.460 e. The van der Waals surface area contributed by atoms with Crippen LogP contribution in [0.2, 0.25) is 0 Å². The van der Waals surface area contributed by atoms with Crippen molar-refractivity contribution in [3.8, 4) is 0 Å². The maximum absolute atomic E-state index is 11.2. The topological polar surface area (TPSA) is 69.7 Å². The lowest BCUT2D eigenvalue weighted by molar-refractivity contribution is -0.149. The van der Waals surface area contributed by atoms with E-state index in [1.165, 1.54) is 6.92 Å². The molecule has 0 atom stereocenters. The zero-order chi connectivity index (χ0) is 11.8. The molecule has 0 aliphatic rings. The number of hydrogen-bond acceptors (Lipinski definition) is 6. The molecule has 84 valence electrons. The van der Waals surface area contributed by atoms with E-state index in [9.17, 15) is 14.4 Å². The molecule has 5 nitrogen and oxygen atoms in total. The van der Waals surface area contributed by atoms with Crippen LogP contribution in [0.1, 0.15) is 20.8 Å². The molecular weight excluding hydrogens is 220 g/mol. The summed E-state index contributed by atoms with van der Waals surface area (Å²) in [6, 6.07) is 0. The highest BCUT2D eigenvalue weighted by atomic mass is 32.2. The second-order valence-corrected chi connectivity index (χ2v) is 3.45. The van der Waals surface area contributed by atoms with Gasteiger partial charge in [-0.05, 0) is 6.92 Å². The fourth-order valence-corrected chi connectivity index (χ4v) is 1.02. The normalized spacial score (nSPS) is 10.7. The first-order valence-electron chi connectivity index (χ1n) is 4.20. The molecule has 0 amide bonds. The summed E-state index contributed by atoms with van der Waals surface area (Å²) < 4.78 is 9.22. The Morgan fingerprint density at radius 1 is 1.27 bits per heavy atom. The molecule has 0 unspecified atom stereocenters. The van der Waals surface area contributed by atoms with Crippen LogP contribution in [-0.4, -0.2) is 23.7 Å². The highest BCUT2D eigenvalue weighted by molar-refractivity contribution is 8.16. The molecule has 0 N–H and O–H groups in total.